The molecule has 1 aliphatic heterocycles. The van der Waals surface area contributed by atoms with Crippen molar-refractivity contribution in [3.8, 4) is 17.0 Å². The van der Waals surface area contributed by atoms with Crippen LogP contribution in [-0.4, -0.2) is 23.5 Å². The predicted octanol–water partition coefficient (Wildman–Crippen LogP) is 7.48. The van der Waals surface area contributed by atoms with Gasteiger partial charge in [0.15, 0.2) is 0 Å². The Kier molecular flexibility index (Phi) is 8.05. The molecular weight excluding hydrogens is 416 g/mol. The van der Waals surface area contributed by atoms with Crippen molar-refractivity contribution >= 4 is 0 Å². The molecular formula is C31H40N2O. The number of aryl methyl sites for hydroxylation is 3. The zero-order valence-corrected chi connectivity index (χ0v) is 21.7. The lowest BCUT2D eigenvalue weighted by Crippen LogP contribution is -2.35. The van der Waals surface area contributed by atoms with Gasteiger partial charge in [-0.2, -0.15) is 0 Å². The topological polar surface area (TPSA) is 25.4 Å². The Bertz CT molecular complexity index is 1100. The molecule has 1 aromatic heterocycles. The van der Waals surface area contributed by atoms with Gasteiger partial charge in [0.05, 0.1) is 12.8 Å². The molecule has 2 heterocycles. The molecule has 3 heteroatoms. The van der Waals surface area contributed by atoms with E-state index in [0.717, 1.165) is 49.5 Å². The SMILES string of the molecule is CCCCC1c2ccccc2CCN1Cc1c(OC)cc(-c2c(CC)cccc2CC)nc1C. The van der Waals surface area contributed by atoms with E-state index < -0.39 is 0 Å². The van der Waals surface area contributed by atoms with E-state index >= 15 is 0 Å². The molecule has 180 valence electrons. The lowest BCUT2D eigenvalue weighted by molar-refractivity contribution is 0.162. The molecule has 0 saturated heterocycles. The number of hydrogen-bond donors (Lipinski definition) is 0. The van der Waals surface area contributed by atoms with Gasteiger partial charge in [0.1, 0.15) is 5.75 Å². The third kappa shape index (κ3) is 4.90. The Labute approximate surface area is 206 Å². The number of nitrogens with zero attached hydrogens (tertiary/aromatic N) is 2. The van der Waals surface area contributed by atoms with Gasteiger partial charge in [-0.1, -0.05) is 76.1 Å². The van der Waals surface area contributed by atoms with E-state index in [9.17, 15) is 0 Å². The van der Waals surface area contributed by atoms with Crippen LogP contribution in [0, 0.1) is 6.92 Å². The molecule has 1 atom stereocenters. The largest absolute Gasteiger partial charge is 0.496 e. The Balaban J connectivity index is 1.71. The fraction of sp³-hybridized carbons (Fsp3) is 0.452. The van der Waals surface area contributed by atoms with Gasteiger partial charge in [-0.05, 0) is 54.9 Å². The molecule has 0 aliphatic carbocycles. The molecule has 0 fully saturated rings. The van der Waals surface area contributed by atoms with Crippen molar-refractivity contribution in [2.24, 2.45) is 0 Å². The van der Waals surface area contributed by atoms with E-state index in [2.05, 4.69) is 81.1 Å². The van der Waals surface area contributed by atoms with Crippen LogP contribution >= 0.6 is 0 Å². The smallest absolute Gasteiger partial charge is 0.127 e. The number of hydrogen-bond acceptors (Lipinski definition) is 3. The zero-order valence-electron chi connectivity index (χ0n) is 21.7. The minimum Gasteiger partial charge on any atom is -0.496 e. The molecule has 0 N–H and O–H groups in total. The van der Waals surface area contributed by atoms with Crippen LogP contribution in [0.1, 0.15) is 79.6 Å². The standard InChI is InChI=1S/C31H40N2O/c1-6-9-17-29-26-16-11-10-13-25(26)18-19-33(29)21-27-22(4)32-28(20-30(27)34-5)31-23(7-2)14-12-15-24(31)8-3/h10-16,20,29H,6-9,17-19,21H2,1-5H3. The molecule has 4 rings (SSSR count). The highest BCUT2D eigenvalue weighted by Crippen LogP contribution is 2.38. The van der Waals surface area contributed by atoms with Gasteiger partial charge in [0.2, 0.25) is 0 Å². The van der Waals surface area contributed by atoms with Gasteiger partial charge >= 0.3 is 0 Å². The van der Waals surface area contributed by atoms with E-state index in [1.807, 2.05) is 0 Å². The lowest BCUT2D eigenvalue weighted by atomic mass is 9.89. The Morgan fingerprint density at radius 2 is 1.74 bits per heavy atom. The highest BCUT2D eigenvalue weighted by Gasteiger charge is 2.28. The quantitative estimate of drug-likeness (QED) is 0.334. The Morgan fingerprint density at radius 3 is 2.41 bits per heavy atom. The highest BCUT2D eigenvalue weighted by molar-refractivity contribution is 5.70. The number of methoxy groups -OCH3 is 1. The maximum absolute atomic E-state index is 6.00. The van der Waals surface area contributed by atoms with E-state index in [4.69, 9.17) is 9.72 Å². The first-order valence-electron chi connectivity index (χ1n) is 13.1. The molecule has 1 unspecified atom stereocenters. The third-order valence-electron chi connectivity index (χ3n) is 7.48. The first kappa shape index (κ1) is 24.5. The van der Waals surface area contributed by atoms with Gasteiger partial charge in [-0.25, -0.2) is 0 Å². The number of pyridine rings is 1. The van der Waals surface area contributed by atoms with E-state index in [0.29, 0.717) is 6.04 Å². The maximum atomic E-state index is 6.00. The van der Waals surface area contributed by atoms with Gasteiger partial charge in [-0.15, -0.1) is 0 Å². The molecule has 0 spiro atoms. The molecule has 0 saturated carbocycles. The van der Waals surface area contributed by atoms with Crippen molar-refractivity contribution in [3.63, 3.8) is 0 Å². The van der Waals surface area contributed by atoms with Crippen LogP contribution in [0.3, 0.4) is 0 Å². The first-order chi connectivity index (χ1) is 16.6. The van der Waals surface area contributed by atoms with Gasteiger partial charge < -0.3 is 4.74 Å². The van der Waals surface area contributed by atoms with Crippen molar-refractivity contribution in [1.29, 1.82) is 0 Å². The second-order valence-electron chi connectivity index (χ2n) is 9.51. The predicted molar refractivity (Wildman–Crippen MR) is 143 cm³/mol. The molecule has 0 bridgehead atoms. The summed E-state index contributed by atoms with van der Waals surface area (Å²) in [5.74, 6) is 0.962. The third-order valence-corrected chi connectivity index (χ3v) is 7.48. The Morgan fingerprint density at radius 1 is 1.00 bits per heavy atom. The van der Waals surface area contributed by atoms with Crippen LogP contribution in [0.15, 0.2) is 48.5 Å². The van der Waals surface area contributed by atoms with Crippen LogP contribution in [-0.2, 0) is 25.8 Å². The number of aromatic nitrogens is 1. The normalized spacial score (nSPS) is 15.9. The monoisotopic (exact) mass is 456 g/mol. The summed E-state index contributed by atoms with van der Waals surface area (Å²) in [6.45, 7) is 10.8. The maximum Gasteiger partial charge on any atom is 0.127 e. The zero-order chi connectivity index (χ0) is 24.1. The minimum atomic E-state index is 0.459. The van der Waals surface area contributed by atoms with E-state index in [1.165, 1.54) is 52.6 Å². The summed E-state index contributed by atoms with van der Waals surface area (Å²) in [6.07, 6.45) is 6.78. The number of benzene rings is 2. The van der Waals surface area contributed by atoms with Gasteiger partial charge in [0.25, 0.3) is 0 Å². The van der Waals surface area contributed by atoms with Crippen LogP contribution in [0.4, 0.5) is 0 Å². The summed E-state index contributed by atoms with van der Waals surface area (Å²) in [5.41, 5.74) is 10.4. The highest BCUT2D eigenvalue weighted by atomic mass is 16.5. The summed E-state index contributed by atoms with van der Waals surface area (Å²) < 4.78 is 6.00. The van der Waals surface area contributed by atoms with E-state index in [1.54, 1.807) is 7.11 Å². The fourth-order valence-corrected chi connectivity index (χ4v) is 5.58. The summed E-state index contributed by atoms with van der Waals surface area (Å²) >= 11 is 0. The van der Waals surface area contributed by atoms with Crippen molar-refractivity contribution in [3.05, 3.63) is 82.0 Å². The van der Waals surface area contributed by atoms with Crippen molar-refractivity contribution in [2.75, 3.05) is 13.7 Å². The summed E-state index contributed by atoms with van der Waals surface area (Å²) in [7, 11) is 1.80. The van der Waals surface area contributed by atoms with Crippen molar-refractivity contribution in [1.82, 2.24) is 9.88 Å². The molecule has 0 radical (unpaired) electrons. The minimum absolute atomic E-state index is 0.459. The average Bonchev–Trinajstić information content (AvgIpc) is 2.88. The van der Waals surface area contributed by atoms with Crippen LogP contribution in [0.2, 0.25) is 0 Å². The molecule has 0 amide bonds. The number of rotatable bonds is 9. The van der Waals surface area contributed by atoms with Crippen LogP contribution in [0.5, 0.6) is 5.75 Å². The van der Waals surface area contributed by atoms with Gasteiger partial charge in [-0.3, -0.25) is 9.88 Å². The fourth-order valence-electron chi connectivity index (χ4n) is 5.58. The molecule has 34 heavy (non-hydrogen) atoms. The molecule has 2 aromatic carbocycles. The summed E-state index contributed by atoms with van der Waals surface area (Å²) in [6, 6.07) is 18.3. The molecule has 3 aromatic rings. The second kappa shape index (κ2) is 11.2. The lowest BCUT2D eigenvalue weighted by Gasteiger charge is -2.38. The summed E-state index contributed by atoms with van der Waals surface area (Å²) in [5, 5.41) is 0. The summed E-state index contributed by atoms with van der Waals surface area (Å²) in [4.78, 5) is 7.81. The molecule has 3 nitrogen and oxygen atoms in total. The van der Waals surface area contributed by atoms with Crippen LogP contribution in [0.25, 0.3) is 11.3 Å². The number of ether oxygens (including phenoxy) is 1. The van der Waals surface area contributed by atoms with Crippen molar-refractivity contribution in [2.45, 2.75) is 78.8 Å². The Hall–Kier alpha value is -2.65. The van der Waals surface area contributed by atoms with E-state index in [-0.39, 0.29) is 0 Å². The number of fused-ring (bicyclic) bond motifs is 1. The molecule has 1 aliphatic rings. The van der Waals surface area contributed by atoms with Crippen LogP contribution < -0.4 is 4.74 Å². The van der Waals surface area contributed by atoms with Gasteiger partial charge in [0, 0.05) is 42.0 Å². The number of unbranched alkanes of at least 4 members (excludes halogenated alkanes) is 1. The first-order valence-corrected chi connectivity index (χ1v) is 13.1. The second-order valence-corrected chi connectivity index (χ2v) is 9.51. The van der Waals surface area contributed by atoms with Crippen molar-refractivity contribution < 1.29 is 4.74 Å². The average molecular weight is 457 g/mol.